The third-order valence-corrected chi connectivity index (χ3v) is 4.60. The molecule has 0 heterocycles. The van der Waals surface area contributed by atoms with Crippen LogP contribution in [-0.4, -0.2) is 36.1 Å². The van der Waals surface area contributed by atoms with E-state index in [-0.39, 0.29) is 18.5 Å². The Labute approximate surface area is 118 Å². The Morgan fingerprint density at radius 3 is 2.10 bits per heavy atom. The minimum absolute atomic E-state index is 0.0879. The van der Waals surface area contributed by atoms with Gasteiger partial charge >= 0.3 is 6.18 Å². The number of halogens is 3. The summed E-state index contributed by atoms with van der Waals surface area (Å²) >= 11 is 0. The van der Waals surface area contributed by atoms with Gasteiger partial charge in [0.15, 0.2) is 0 Å². The van der Waals surface area contributed by atoms with E-state index >= 15 is 0 Å². The maximum atomic E-state index is 12.8. The first-order chi connectivity index (χ1) is 9.20. The van der Waals surface area contributed by atoms with Crippen LogP contribution in [0.15, 0.2) is 0 Å². The lowest BCUT2D eigenvalue weighted by Gasteiger charge is -2.39. The highest BCUT2D eigenvalue weighted by atomic mass is 19.4. The van der Waals surface area contributed by atoms with Crippen LogP contribution in [0.5, 0.6) is 0 Å². The Morgan fingerprint density at radius 2 is 1.80 bits per heavy atom. The summed E-state index contributed by atoms with van der Waals surface area (Å²) in [7, 11) is 0. The molecule has 1 aliphatic rings. The minimum atomic E-state index is -4.37. The Bertz CT molecular complexity index is 328. The second-order valence-corrected chi connectivity index (χ2v) is 5.82. The van der Waals surface area contributed by atoms with Gasteiger partial charge in [-0.2, -0.15) is 13.2 Å². The Balaban J connectivity index is 2.98. The van der Waals surface area contributed by atoms with E-state index in [1.165, 1.54) is 0 Å². The van der Waals surface area contributed by atoms with Gasteiger partial charge in [-0.1, -0.05) is 13.8 Å². The molecule has 1 saturated carbocycles. The lowest BCUT2D eigenvalue weighted by molar-refractivity contribution is -0.172. The molecule has 3 nitrogen and oxygen atoms in total. The zero-order chi connectivity index (χ0) is 15.6. The highest BCUT2D eigenvalue weighted by molar-refractivity contribution is 5.83. The second-order valence-electron chi connectivity index (χ2n) is 5.82. The van der Waals surface area contributed by atoms with Gasteiger partial charge in [-0.15, -0.1) is 0 Å². The molecule has 1 amide bonds. The summed E-state index contributed by atoms with van der Waals surface area (Å²) in [5.41, 5.74) is 4.83. The monoisotopic (exact) mass is 294 g/mol. The minimum Gasteiger partial charge on any atom is -0.330 e. The van der Waals surface area contributed by atoms with Gasteiger partial charge < -0.3 is 10.6 Å². The summed E-state index contributed by atoms with van der Waals surface area (Å²) in [6.45, 7) is 4.24. The fourth-order valence-electron chi connectivity index (χ4n) is 2.66. The predicted molar refractivity (Wildman–Crippen MR) is 72.0 cm³/mol. The maximum Gasteiger partial charge on any atom is 0.406 e. The molecule has 20 heavy (non-hydrogen) atoms. The van der Waals surface area contributed by atoms with Crippen LogP contribution < -0.4 is 5.73 Å². The normalized spacial score (nSPS) is 17.9. The molecule has 1 fully saturated rings. The average molecular weight is 294 g/mol. The quantitative estimate of drug-likeness (QED) is 0.784. The van der Waals surface area contributed by atoms with Gasteiger partial charge in [-0.3, -0.25) is 4.79 Å². The molecule has 0 aliphatic heterocycles. The maximum absolute atomic E-state index is 12.8. The first-order valence-corrected chi connectivity index (χ1v) is 7.28. The highest BCUT2D eigenvalue weighted by Gasteiger charge is 2.45. The van der Waals surface area contributed by atoms with Crippen LogP contribution in [0.3, 0.4) is 0 Å². The summed E-state index contributed by atoms with van der Waals surface area (Å²) in [4.78, 5) is 13.7. The van der Waals surface area contributed by atoms with Crippen molar-refractivity contribution < 1.29 is 18.0 Å². The first kappa shape index (κ1) is 17.3. The lowest BCUT2D eigenvalue weighted by atomic mass is 9.80. The fourth-order valence-corrected chi connectivity index (χ4v) is 2.66. The molecule has 0 aromatic carbocycles. The van der Waals surface area contributed by atoms with E-state index in [1.54, 1.807) is 6.92 Å². The van der Waals surface area contributed by atoms with Crippen molar-refractivity contribution in [2.45, 2.75) is 58.7 Å². The zero-order valence-electron chi connectivity index (χ0n) is 12.5. The SMILES string of the molecule is CCC(CC)(CN)C(=O)N(CC(F)(F)F)C(C)C1CC1. The van der Waals surface area contributed by atoms with E-state index in [2.05, 4.69) is 0 Å². The summed E-state index contributed by atoms with van der Waals surface area (Å²) in [6, 6.07) is -0.367. The van der Waals surface area contributed by atoms with Gasteiger partial charge in [0, 0.05) is 12.6 Å². The summed E-state index contributed by atoms with van der Waals surface area (Å²) < 4.78 is 38.4. The molecule has 0 saturated heterocycles. The number of hydrogen-bond donors (Lipinski definition) is 1. The number of rotatable bonds is 7. The molecule has 6 heteroatoms. The third kappa shape index (κ3) is 3.87. The average Bonchev–Trinajstić information content (AvgIpc) is 3.21. The lowest BCUT2D eigenvalue weighted by Crippen LogP contribution is -2.54. The Kier molecular flexibility index (Phi) is 5.46. The molecule has 1 atom stereocenters. The molecule has 0 radical (unpaired) electrons. The highest BCUT2D eigenvalue weighted by Crippen LogP contribution is 2.39. The topological polar surface area (TPSA) is 46.3 Å². The Morgan fingerprint density at radius 1 is 1.30 bits per heavy atom. The van der Waals surface area contributed by atoms with Gasteiger partial charge in [0.25, 0.3) is 0 Å². The van der Waals surface area contributed by atoms with E-state index in [9.17, 15) is 18.0 Å². The number of carbonyl (C=O) groups excluding carboxylic acids is 1. The van der Waals surface area contributed by atoms with Crippen LogP contribution in [-0.2, 0) is 4.79 Å². The standard InChI is InChI=1S/C14H25F3N2O/c1-4-13(5-2,8-18)12(20)19(9-14(15,16)17)10(3)11-6-7-11/h10-11H,4-9,18H2,1-3H3. The Hall–Kier alpha value is -0.780. The zero-order valence-corrected chi connectivity index (χ0v) is 12.5. The largest absolute Gasteiger partial charge is 0.406 e. The van der Waals surface area contributed by atoms with Gasteiger partial charge in [0.05, 0.1) is 5.41 Å². The van der Waals surface area contributed by atoms with E-state index in [0.29, 0.717) is 12.8 Å². The number of nitrogens with two attached hydrogens (primary N) is 1. The number of hydrogen-bond acceptors (Lipinski definition) is 2. The van der Waals surface area contributed by atoms with E-state index in [0.717, 1.165) is 17.7 Å². The van der Waals surface area contributed by atoms with Gasteiger partial charge in [0.2, 0.25) is 5.91 Å². The number of amides is 1. The van der Waals surface area contributed by atoms with Crippen molar-refractivity contribution in [1.29, 1.82) is 0 Å². The second kappa shape index (κ2) is 6.33. The molecule has 0 aromatic heterocycles. The fraction of sp³-hybridized carbons (Fsp3) is 0.929. The van der Waals surface area contributed by atoms with Crippen LogP contribution in [0.2, 0.25) is 0 Å². The van der Waals surface area contributed by atoms with Crippen LogP contribution >= 0.6 is 0 Å². The molecule has 2 N–H and O–H groups in total. The van der Waals surface area contributed by atoms with E-state index < -0.39 is 24.0 Å². The number of alkyl halides is 3. The molecule has 0 spiro atoms. The van der Waals surface area contributed by atoms with Crippen molar-refractivity contribution >= 4 is 5.91 Å². The first-order valence-electron chi connectivity index (χ1n) is 7.28. The van der Waals surface area contributed by atoms with Gasteiger partial charge in [-0.25, -0.2) is 0 Å². The van der Waals surface area contributed by atoms with Crippen LogP contribution in [0, 0.1) is 11.3 Å². The van der Waals surface area contributed by atoms with Crippen molar-refractivity contribution in [2.24, 2.45) is 17.1 Å². The smallest absolute Gasteiger partial charge is 0.330 e. The van der Waals surface area contributed by atoms with Crippen molar-refractivity contribution in [3.8, 4) is 0 Å². The van der Waals surface area contributed by atoms with Crippen molar-refractivity contribution in [2.75, 3.05) is 13.1 Å². The van der Waals surface area contributed by atoms with Crippen molar-refractivity contribution in [3.63, 3.8) is 0 Å². The molecular weight excluding hydrogens is 269 g/mol. The predicted octanol–water partition coefficient (Wildman–Crippen LogP) is 2.94. The van der Waals surface area contributed by atoms with Crippen molar-refractivity contribution in [3.05, 3.63) is 0 Å². The molecule has 0 aromatic rings. The summed E-state index contributed by atoms with van der Waals surface area (Å²) in [6.07, 6.45) is -1.65. The molecule has 0 bridgehead atoms. The van der Waals surface area contributed by atoms with Crippen LogP contribution in [0.4, 0.5) is 13.2 Å². The molecule has 118 valence electrons. The molecule has 1 aliphatic carbocycles. The molecular formula is C14H25F3N2O. The van der Waals surface area contributed by atoms with Gasteiger partial charge in [-0.05, 0) is 38.5 Å². The number of carbonyl (C=O) groups is 1. The number of nitrogens with zero attached hydrogens (tertiary/aromatic N) is 1. The summed E-state index contributed by atoms with van der Waals surface area (Å²) in [5, 5.41) is 0. The molecule has 1 unspecified atom stereocenters. The van der Waals surface area contributed by atoms with Crippen LogP contribution in [0.1, 0.15) is 46.5 Å². The van der Waals surface area contributed by atoms with Gasteiger partial charge in [0.1, 0.15) is 6.54 Å². The molecule has 1 rings (SSSR count). The van der Waals surface area contributed by atoms with Crippen LogP contribution in [0.25, 0.3) is 0 Å². The van der Waals surface area contributed by atoms with E-state index in [4.69, 9.17) is 5.73 Å². The summed E-state index contributed by atoms with van der Waals surface area (Å²) in [5.74, 6) is -0.243. The third-order valence-electron chi connectivity index (χ3n) is 4.60. The van der Waals surface area contributed by atoms with Crippen molar-refractivity contribution in [1.82, 2.24) is 4.90 Å². The van der Waals surface area contributed by atoms with E-state index in [1.807, 2.05) is 13.8 Å².